The normalized spacial score (nSPS) is 10.4. The molecule has 0 aliphatic heterocycles. The van der Waals surface area contributed by atoms with Crippen molar-refractivity contribution in [2.45, 2.75) is 19.9 Å². The van der Waals surface area contributed by atoms with Crippen LogP contribution in [0.3, 0.4) is 0 Å². The molecular formula is C20H20N2O2S. The second kappa shape index (κ2) is 8.44. The largest absolute Gasteiger partial charge is 0.484 e. The Bertz CT molecular complexity index is 813. The molecule has 0 bridgehead atoms. The van der Waals surface area contributed by atoms with Gasteiger partial charge in [-0.25, -0.2) is 4.98 Å². The lowest BCUT2D eigenvalue weighted by atomic mass is 10.1. The number of hydrogen-bond acceptors (Lipinski definition) is 4. The summed E-state index contributed by atoms with van der Waals surface area (Å²) < 4.78 is 5.42. The van der Waals surface area contributed by atoms with E-state index >= 15 is 0 Å². The fourth-order valence-corrected chi connectivity index (χ4v) is 3.21. The summed E-state index contributed by atoms with van der Waals surface area (Å²) in [6, 6.07) is 17.8. The second-order valence-electron chi connectivity index (χ2n) is 5.76. The third-order valence-electron chi connectivity index (χ3n) is 3.65. The van der Waals surface area contributed by atoms with Crippen LogP contribution in [0.2, 0.25) is 0 Å². The Morgan fingerprint density at radius 1 is 1.12 bits per heavy atom. The van der Waals surface area contributed by atoms with Gasteiger partial charge < -0.3 is 10.1 Å². The van der Waals surface area contributed by atoms with E-state index in [-0.39, 0.29) is 12.5 Å². The number of amides is 1. The summed E-state index contributed by atoms with van der Waals surface area (Å²) in [5.41, 5.74) is 2.52. The van der Waals surface area contributed by atoms with Gasteiger partial charge in [-0.2, -0.15) is 0 Å². The Balaban J connectivity index is 1.45. The number of nitrogens with one attached hydrogen (secondary N) is 1. The average Bonchev–Trinajstić information content (AvgIpc) is 3.08. The number of benzene rings is 2. The molecule has 3 rings (SSSR count). The maximum absolute atomic E-state index is 11.9. The predicted molar refractivity (Wildman–Crippen MR) is 99.9 cm³/mol. The molecule has 2 aromatic carbocycles. The number of ether oxygens (including phenoxy) is 1. The lowest BCUT2D eigenvalue weighted by Gasteiger charge is -2.06. The molecule has 0 saturated carbocycles. The van der Waals surface area contributed by atoms with Crippen LogP contribution in [0.4, 0.5) is 0 Å². The molecule has 1 amide bonds. The van der Waals surface area contributed by atoms with Crippen molar-refractivity contribution < 1.29 is 9.53 Å². The molecule has 0 radical (unpaired) electrons. The highest BCUT2D eigenvalue weighted by Gasteiger charge is 2.06. The zero-order valence-corrected chi connectivity index (χ0v) is 14.9. The fraction of sp³-hybridized carbons (Fsp3) is 0.200. The van der Waals surface area contributed by atoms with Crippen LogP contribution >= 0.6 is 11.3 Å². The first-order chi connectivity index (χ1) is 12.2. The van der Waals surface area contributed by atoms with Crippen LogP contribution < -0.4 is 10.1 Å². The summed E-state index contributed by atoms with van der Waals surface area (Å²) >= 11 is 1.62. The van der Waals surface area contributed by atoms with Crippen LogP contribution in [0.25, 0.3) is 0 Å². The summed E-state index contributed by atoms with van der Waals surface area (Å²) in [4.78, 5) is 17.4. The molecule has 1 aromatic heterocycles. The number of aryl methyl sites for hydroxylation is 1. The number of carbonyl (C=O) groups is 1. The van der Waals surface area contributed by atoms with E-state index in [4.69, 9.17) is 4.74 Å². The van der Waals surface area contributed by atoms with E-state index in [0.29, 0.717) is 12.3 Å². The molecule has 1 N–H and O–H groups in total. The number of carbonyl (C=O) groups excluding carboxylic acids is 1. The smallest absolute Gasteiger partial charge is 0.258 e. The van der Waals surface area contributed by atoms with Crippen molar-refractivity contribution in [2.75, 3.05) is 6.61 Å². The minimum Gasteiger partial charge on any atom is -0.484 e. The van der Waals surface area contributed by atoms with E-state index < -0.39 is 0 Å². The van der Waals surface area contributed by atoms with Gasteiger partial charge in [0, 0.05) is 17.5 Å². The Morgan fingerprint density at radius 3 is 2.64 bits per heavy atom. The van der Waals surface area contributed by atoms with Gasteiger partial charge in [-0.15, -0.1) is 11.3 Å². The molecule has 128 valence electrons. The number of thiazole rings is 1. The predicted octanol–water partition coefficient (Wildman–Crippen LogP) is 3.74. The average molecular weight is 352 g/mol. The van der Waals surface area contributed by atoms with Crippen molar-refractivity contribution in [2.24, 2.45) is 0 Å². The van der Waals surface area contributed by atoms with Gasteiger partial charge in [0.25, 0.3) is 5.91 Å². The molecule has 4 nitrogen and oxygen atoms in total. The van der Waals surface area contributed by atoms with Crippen LogP contribution in [-0.4, -0.2) is 17.5 Å². The Morgan fingerprint density at radius 2 is 1.88 bits per heavy atom. The topological polar surface area (TPSA) is 51.2 Å². The first-order valence-electron chi connectivity index (χ1n) is 8.13. The molecule has 0 unspecified atom stereocenters. The van der Waals surface area contributed by atoms with Crippen LogP contribution in [0.15, 0.2) is 60.8 Å². The maximum Gasteiger partial charge on any atom is 0.258 e. The zero-order valence-electron chi connectivity index (χ0n) is 14.1. The zero-order chi connectivity index (χ0) is 17.5. The first kappa shape index (κ1) is 17.2. The van der Waals surface area contributed by atoms with Gasteiger partial charge >= 0.3 is 0 Å². The fourth-order valence-electron chi connectivity index (χ4n) is 2.31. The van der Waals surface area contributed by atoms with E-state index in [1.165, 1.54) is 16.0 Å². The molecule has 0 atom stereocenters. The monoisotopic (exact) mass is 352 g/mol. The highest BCUT2D eigenvalue weighted by atomic mass is 32.1. The van der Waals surface area contributed by atoms with Gasteiger partial charge in [-0.05, 0) is 24.6 Å². The van der Waals surface area contributed by atoms with Gasteiger partial charge in [-0.1, -0.05) is 48.0 Å². The highest BCUT2D eigenvalue weighted by molar-refractivity contribution is 7.11. The number of rotatable bonds is 7. The number of para-hydroxylation sites is 1. The van der Waals surface area contributed by atoms with E-state index in [2.05, 4.69) is 41.5 Å². The van der Waals surface area contributed by atoms with Crippen molar-refractivity contribution >= 4 is 17.2 Å². The molecular weight excluding hydrogens is 332 g/mol. The third-order valence-corrected chi connectivity index (χ3v) is 4.65. The lowest BCUT2D eigenvalue weighted by molar-refractivity contribution is -0.123. The molecule has 0 spiro atoms. The molecule has 25 heavy (non-hydrogen) atoms. The molecule has 0 saturated heterocycles. The van der Waals surface area contributed by atoms with Gasteiger partial charge in [0.05, 0.1) is 6.54 Å². The maximum atomic E-state index is 11.9. The number of nitrogens with zero attached hydrogens (tertiary/aromatic N) is 1. The van der Waals surface area contributed by atoms with Gasteiger partial charge in [0.2, 0.25) is 0 Å². The van der Waals surface area contributed by atoms with Crippen molar-refractivity contribution in [1.82, 2.24) is 10.3 Å². The Hall–Kier alpha value is -2.66. The summed E-state index contributed by atoms with van der Waals surface area (Å²) in [6.07, 6.45) is 2.75. The molecule has 5 heteroatoms. The van der Waals surface area contributed by atoms with Crippen LogP contribution in [0.1, 0.15) is 21.0 Å². The third kappa shape index (κ3) is 5.43. The molecule has 3 aromatic rings. The van der Waals surface area contributed by atoms with Gasteiger partial charge in [-0.3, -0.25) is 4.79 Å². The van der Waals surface area contributed by atoms with Crippen molar-refractivity contribution in [3.05, 3.63) is 81.8 Å². The van der Waals surface area contributed by atoms with Gasteiger partial charge in [0.15, 0.2) is 6.61 Å². The van der Waals surface area contributed by atoms with Crippen molar-refractivity contribution in [1.29, 1.82) is 0 Å². The quantitative estimate of drug-likeness (QED) is 0.705. The van der Waals surface area contributed by atoms with E-state index in [9.17, 15) is 4.79 Å². The van der Waals surface area contributed by atoms with Gasteiger partial charge in [0.1, 0.15) is 10.8 Å². The van der Waals surface area contributed by atoms with Crippen LogP contribution in [0, 0.1) is 6.92 Å². The van der Waals surface area contributed by atoms with Crippen molar-refractivity contribution in [3.63, 3.8) is 0 Å². The Kier molecular flexibility index (Phi) is 5.80. The summed E-state index contributed by atoms with van der Waals surface area (Å²) in [5, 5.41) is 3.74. The number of hydrogen-bond donors (Lipinski definition) is 1. The number of aromatic nitrogens is 1. The summed E-state index contributed by atoms with van der Waals surface area (Å²) in [6.45, 7) is 2.51. The standard InChI is InChI=1S/C20H20N2O2S/c1-15-7-9-16(10-8-15)11-18-12-22-20(25-18)13-21-19(23)14-24-17-5-3-2-4-6-17/h2-10,12H,11,13-14H2,1H3,(H,21,23). The van der Waals surface area contributed by atoms with E-state index in [1.54, 1.807) is 11.3 Å². The van der Waals surface area contributed by atoms with E-state index in [0.717, 1.165) is 11.4 Å². The molecule has 0 aliphatic rings. The summed E-state index contributed by atoms with van der Waals surface area (Å²) in [7, 11) is 0. The molecule has 0 aliphatic carbocycles. The van der Waals surface area contributed by atoms with Crippen LogP contribution in [0.5, 0.6) is 5.75 Å². The minimum atomic E-state index is -0.154. The molecule has 0 fully saturated rings. The first-order valence-corrected chi connectivity index (χ1v) is 8.94. The highest BCUT2D eigenvalue weighted by Crippen LogP contribution is 2.17. The lowest BCUT2D eigenvalue weighted by Crippen LogP contribution is -2.28. The molecule has 1 heterocycles. The summed E-state index contributed by atoms with van der Waals surface area (Å²) in [5.74, 6) is 0.534. The van der Waals surface area contributed by atoms with E-state index in [1.807, 2.05) is 36.5 Å². The second-order valence-corrected chi connectivity index (χ2v) is 6.96. The Labute approximate surface area is 151 Å². The SMILES string of the molecule is Cc1ccc(Cc2cnc(CNC(=O)COc3ccccc3)s2)cc1. The van der Waals surface area contributed by atoms with Crippen molar-refractivity contribution in [3.8, 4) is 5.75 Å². The van der Waals surface area contributed by atoms with Crippen LogP contribution in [-0.2, 0) is 17.8 Å². The minimum absolute atomic E-state index is 0.00557.